The second kappa shape index (κ2) is 16.0. The molecule has 0 aliphatic carbocycles. The van der Waals surface area contributed by atoms with Gasteiger partial charge < -0.3 is 48.7 Å². The van der Waals surface area contributed by atoms with Gasteiger partial charge >= 0.3 is 12.0 Å². The van der Waals surface area contributed by atoms with E-state index >= 15 is 0 Å². The van der Waals surface area contributed by atoms with Crippen molar-refractivity contribution in [2.24, 2.45) is 12.0 Å². The minimum atomic E-state index is -1.52. The second-order valence-corrected chi connectivity index (χ2v) is 14.2. The number of imidazole rings is 1. The number of hydrogen-bond acceptors (Lipinski definition) is 13. The third-order valence-electron chi connectivity index (χ3n) is 10.5. The number of rotatable bonds is 13. The summed E-state index contributed by atoms with van der Waals surface area (Å²) in [5.41, 5.74) is 3.03. The summed E-state index contributed by atoms with van der Waals surface area (Å²) in [6.07, 6.45) is 3.40. The van der Waals surface area contributed by atoms with Crippen molar-refractivity contribution in [3.63, 3.8) is 0 Å². The molecule has 1 unspecified atom stereocenters. The van der Waals surface area contributed by atoms with Crippen LogP contribution in [-0.2, 0) is 18.4 Å². The molecule has 3 atom stereocenters. The second-order valence-electron chi connectivity index (χ2n) is 14.2. The van der Waals surface area contributed by atoms with Gasteiger partial charge in [-0.05, 0) is 49.2 Å². The number of amides is 3. The number of aromatic nitrogens is 2. The molecule has 2 saturated heterocycles. The van der Waals surface area contributed by atoms with Crippen LogP contribution in [0.1, 0.15) is 58.5 Å². The van der Waals surface area contributed by atoms with E-state index in [2.05, 4.69) is 23.1 Å². The Morgan fingerprint density at radius 1 is 0.912 bits per heavy atom. The first-order chi connectivity index (χ1) is 27.4. The third kappa shape index (κ3) is 7.47. The van der Waals surface area contributed by atoms with Gasteiger partial charge in [0.1, 0.15) is 6.20 Å². The van der Waals surface area contributed by atoms with Crippen LogP contribution in [0.3, 0.4) is 0 Å². The molecule has 0 bridgehead atoms. The summed E-state index contributed by atoms with van der Waals surface area (Å²) in [6.45, 7) is 8.90. The van der Waals surface area contributed by atoms with Crippen LogP contribution >= 0.6 is 0 Å². The molecule has 2 aromatic carbocycles. The van der Waals surface area contributed by atoms with Gasteiger partial charge in [-0.25, -0.2) is 14.3 Å². The fraction of sp³-hybridized carbons (Fsp3) is 0.410. The number of fused-ring (bicyclic) bond motifs is 4. The Balaban J connectivity index is 1.01. The van der Waals surface area contributed by atoms with E-state index in [1.165, 1.54) is 49.1 Å². The van der Waals surface area contributed by atoms with Crippen molar-refractivity contribution in [2.45, 2.75) is 57.0 Å². The molecule has 300 valence electrons. The van der Waals surface area contributed by atoms with Crippen molar-refractivity contribution >= 4 is 41.4 Å². The first-order valence-electron chi connectivity index (χ1n) is 18.4. The maximum Gasteiger partial charge on any atom is 0.434 e. The van der Waals surface area contributed by atoms with Crippen molar-refractivity contribution in [3.05, 3.63) is 81.7 Å². The summed E-state index contributed by atoms with van der Waals surface area (Å²) in [7, 11) is 4.37. The van der Waals surface area contributed by atoms with E-state index < -0.39 is 41.7 Å². The summed E-state index contributed by atoms with van der Waals surface area (Å²) in [5, 5.41) is 22.9. The Morgan fingerprint density at radius 3 is 2.21 bits per heavy atom. The fourth-order valence-corrected chi connectivity index (χ4v) is 7.48. The quantitative estimate of drug-likeness (QED) is 0.109. The predicted octanol–water partition coefficient (Wildman–Crippen LogP) is 4.71. The third-order valence-corrected chi connectivity index (χ3v) is 10.5. The zero-order valence-corrected chi connectivity index (χ0v) is 31.8. The van der Waals surface area contributed by atoms with Gasteiger partial charge in [0.25, 0.3) is 11.8 Å². The zero-order valence-electron chi connectivity index (χ0n) is 31.8. The van der Waals surface area contributed by atoms with Crippen LogP contribution in [0.5, 0.6) is 23.0 Å². The first-order valence-corrected chi connectivity index (χ1v) is 18.4. The number of anilines is 1. The van der Waals surface area contributed by atoms with Crippen LogP contribution in [0.2, 0.25) is 0 Å². The summed E-state index contributed by atoms with van der Waals surface area (Å²) >= 11 is 0. The molecule has 57 heavy (non-hydrogen) atoms. The SMILES string of the molecule is C=C1C[C@H]2C=Nc3cc(OCCCCCOc4cc5c(cc4OC)C(=O)N4CC(=C)C[C@H]4C(O)N5C(=O)OCc4cnc([N+](=O)[O-])n4C)c(OC)cc3C(=O)N2C1. The fourth-order valence-electron chi connectivity index (χ4n) is 7.48. The number of unbranched alkanes of at least 4 members (excludes halogenated alkanes) is 2. The minimum Gasteiger partial charge on any atom is -0.493 e. The topological polar surface area (TPSA) is 201 Å². The number of ether oxygens (including phenoxy) is 5. The van der Waals surface area contributed by atoms with E-state index in [-0.39, 0.29) is 60.0 Å². The highest BCUT2D eigenvalue weighted by Gasteiger charge is 2.46. The maximum atomic E-state index is 13.9. The Labute approximate surface area is 327 Å². The largest absolute Gasteiger partial charge is 0.493 e. The van der Waals surface area contributed by atoms with Crippen LogP contribution in [0.4, 0.5) is 22.1 Å². The lowest BCUT2D eigenvalue weighted by molar-refractivity contribution is -0.396. The zero-order chi connectivity index (χ0) is 40.5. The highest BCUT2D eigenvalue weighted by atomic mass is 16.6. The molecule has 4 aliphatic heterocycles. The summed E-state index contributed by atoms with van der Waals surface area (Å²) in [5.74, 6) is 0.388. The first kappa shape index (κ1) is 38.8. The number of nitro groups is 1. The predicted molar refractivity (Wildman–Crippen MR) is 205 cm³/mol. The van der Waals surface area contributed by atoms with Gasteiger partial charge in [0.2, 0.25) is 0 Å². The number of carbonyl (C=O) groups is 3. The van der Waals surface area contributed by atoms with Crippen molar-refractivity contribution in [2.75, 3.05) is 45.4 Å². The van der Waals surface area contributed by atoms with E-state index in [0.717, 1.165) is 10.5 Å². The lowest BCUT2D eigenvalue weighted by atomic mass is 10.1. The molecule has 0 radical (unpaired) electrons. The summed E-state index contributed by atoms with van der Waals surface area (Å²) in [4.78, 5) is 64.1. The van der Waals surface area contributed by atoms with Crippen molar-refractivity contribution < 1.29 is 48.1 Å². The van der Waals surface area contributed by atoms with E-state index in [0.29, 0.717) is 67.2 Å². The van der Waals surface area contributed by atoms with E-state index in [1.807, 2.05) is 0 Å². The molecule has 3 amide bonds. The average molecular weight is 786 g/mol. The number of hydrogen-bond donors (Lipinski definition) is 1. The van der Waals surface area contributed by atoms with Gasteiger partial charge in [-0.1, -0.05) is 29.3 Å². The summed E-state index contributed by atoms with van der Waals surface area (Å²) in [6, 6.07) is 5.39. The Morgan fingerprint density at radius 2 is 1.54 bits per heavy atom. The number of aliphatic imine (C=N–C) groups is 1. The molecule has 7 rings (SSSR count). The van der Waals surface area contributed by atoms with Crippen LogP contribution in [0, 0.1) is 10.1 Å². The van der Waals surface area contributed by atoms with E-state index in [1.54, 1.807) is 23.2 Å². The highest BCUT2D eigenvalue weighted by molar-refractivity contribution is 6.06. The molecule has 5 heterocycles. The molecular formula is C39H43N7O11. The Hall–Kier alpha value is -6.43. The van der Waals surface area contributed by atoms with Gasteiger partial charge in [0.05, 0.1) is 69.1 Å². The molecule has 3 aromatic rings. The number of aliphatic hydroxyl groups is 1. The van der Waals surface area contributed by atoms with Crippen LogP contribution < -0.4 is 23.8 Å². The molecule has 0 spiro atoms. The standard InChI is InChI=1S/C39H43N7O11/c1-22-11-24-17-40-28-15-33(31(53-4)13-26(28)35(47)43(24)19-22)55-9-7-6-8-10-56-34-16-29-27(14-32(34)54-5)36(48)44-20-23(2)12-30(44)37(49)45(29)39(50)57-21-25-18-41-38(42(25)3)46(51)52/h13-18,24,30,37,49H,1-2,6-12,19-21H2,3-5H3/t24-,30-,37?/m0/s1. The number of aliphatic hydroxyl groups excluding tert-OH is 1. The van der Waals surface area contributed by atoms with Gasteiger partial charge in [-0.15, -0.1) is 0 Å². The number of benzene rings is 2. The van der Waals surface area contributed by atoms with Gasteiger partial charge in [0, 0.05) is 31.4 Å². The van der Waals surface area contributed by atoms with Gasteiger partial charge in [-0.2, -0.15) is 0 Å². The highest BCUT2D eigenvalue weighted by Crippen LogP contribution is 2.42. The number of methoxy groups -OCH3 is 2. The lowest BCUT2D eigenvalue weighted by Gasteiger charge is -2.31. The molecule has 18 heteroatoms. The number of nitrogens with zero attached hydrogens (tertiary/aromatic N) is 7. The molecular weight excluding hydrogens is 742 g/mol. The molecule has 2 fully saturated rings. The molecule has 18 nitrogen and oxygen atoms in total. The van der Waals surface area contributed by atoms with Crippen molar-refractivity contribution in [3.8, 4) is 23.0 Å². The number of carbonyl (C=O) groups excluding carboxylic acids is 3. The lowest BCUT2D eigenvalue weighted by Crippen LogP contribution is -2.50. The Kier molecular flexibility index (Phi) is 10.9. The normalized spacial score (nSPS) is 19.7. The summed E-state index contributed by atoms with van der Waals surface area (Å²) < 4.78 is 30.1. The van der Waals surface area contributed by atoms with Crippen LogP contribution in [0.25, 0.3) is 0 Å². The van der Waals surface area contributed by atoms with Crippen LogP contribution in [-0.4, -0.2) is 112 Å². The van der Waals surface area contributed by atoms with Crippen molar-refractivity contribution in [1.29, 1.82) is 0 Å². The molecule has 1 aromatic heterocycles. The molecule has 0 saturated carbocycles. The minimum absolute atomic E-state index is 0.0456. The molecule has 1 N–H and O–H groups in total. The molecule has 4 aliphatic rings. The van der Waals surface area contributed by atoms with Gasteiger partial charge in [0.15, 0.2) is 41.5 Å². The Bertz CT molecular complexity index is 2180. The van der Waals surface area contributed by atoms with Crippen LogP contribution in [0.15, 0.2) is 59.8 Å². The average Bonchev–Trinajstić information content (AvgIpc) is 3.86. The van der Waals surface area contributed by atoms with Crippen molar-refractivity contribution in [1.82, 2.24) is 19.4 Å². The van der Waals surface area contributed by atoms with E-state index in [9.17, 15) is 29.6 Å². The van der Waals surface area contributed by atoms with Gasteiger partial charge in [-0.3, -0.25) is 14.6 Å². The monoisotopic (exact) mass is 785 g/mol. The maximum absolute atomic E-state index is 13.9. The van der Waals surface area contributed by atoms with E-state index in [4.69, 9.17) is 23.7 Å². The smallest absolute Gasteiger partial charge is 0.434 e.